The minimum absolute atomic E-state index is 0.0944. The molecule has 4 heterocycles. The van der Waals surface area contributed by atoms with Crippen molar-refractivity contribution in [2.24, 2.45) is 5.41 Å². The van der Waals surface area contributed by atoms with Gasteiger partial charge in [0.05, 0.1) is 11.1 Å². The number of rotatable bonds is 3. The third-order valence-corrected chi connectivity index (χ3v) is 6.73. The third kappa shape index (κ3) is 3.85. The van der Waals surface area contributed by atoms with Crippen molar-refractivity contribution >= 4 is 29.7 Å². The maximum Gasteiger partial charge on any atom is 0.410 e. The van der Waals surface area contributed by atoms with Crippen LogP contribution in [-0.2, 0) is 20.9 Å². The van der Waals surface area contributed by atoms with Crippen LogP contribution in [0, 0.1) is 5.41 Å². The molecule has 5 amide bonds. The zero-order valence-corrected chi connectivity index (χ0v) is 19.6. The molecule has 4 aliphatic rings. The first kappa shape index (κ1) is 22.5. The van der Waals surface area contributed by atoms with E-state index < -0.39 is 35.3 Å². The van der Waals surface area contributed by atoms with E-state index in [-0.39, 0.29) is 29.9 Å². The number of amides is 5. The van der Waals surface area contributed by atoms with Crippen LogP contribution in [0.1, 0.15) is 59.9 Å². The fourth-order valence-corrected chi connectivity index (χ4v) is 5.31. The van der Waals surface area contributed by atoms with Gasteiger partial charge in [-0.25, -0.2) is 4.79 Å². The average molecular weight is 469 g/mol. The van der Waals surface area contributed by atoms with Gasteiger partial charge in [-0.3, -0.25) is 34.3 Å². The Balaban J connectivity index is 1.18. The van der Waals surface area contributed by atoms with Crippen LogP contribution in [-0.4, -0.2) is 82.2 Å². The van der Waals surface area contributed by atoms with E-state index in [0.717, 1.165) is 23.6 Å². The molecule has 3 fully saturated rings. The summed E-state index contributed by atoms with van der Waals surface area (Å²) < 4.78 is 5.42. The van der Waals surface area contributed by atoms with E-state index in [2.05, 4.69) is 10.2 Å². The summed E-state index contributed by atoms with van der Waals surface area (Å²) in [5, 5.41) is 2.20. The monoisotopic (exact) mass is 468 g/mol. The number of nitrogens with one attached hydrogen (secondary N) is 1. The highest BCUT2D eigenvalue weighted by atomic mass is 16.6. The zero-order chi connectivity index (χ0) is 24.4. The van der Waals surface area contributed by atoms with Gasteiger partial charge in [-0.2, -0.15) is 0 Å². The number of carbonyl (C=O) groups is 5. The van der Waals surface area contributed by atoms with Crippen LogP contribution in [0.2, 0.25) is 0 Å². The van der Waals surface area contributed by atoms with Gasteiger partial charge in [-0.1, -0.05) is 6.07 Å². The minimum atomic E-state index is -0.963. The fraction of sp³-hybridized carbons (Fsp3) is 0.542. The number of hydrogen-bond acceptors (Lipinski definition) is 7. The van der Waals surface area contributed by atoms with Crippen molar-refractivity contribution in [3.05, 3.63) is 34.9 Å². The number of carbonyl (C=O) groups excluding carboxylic acids is 5. The van der Waals surface area contributed by atoms with Crippen molar-refractivity contribution in [3.8, 4) is 0 Å². The van der Waals surface area contributed by atoms with Crippen molar-refractivity contribution in [2.45, 2.75) is 51.8 Å². The van der Waals surface area contributed by atoms with E-state index in [0.29, 0.717) is 25.2 Å². The van der Waals surface area contributed by atoms with Gasteiger partial charge in [0.15, 0.2) is 0 Å². The van der Waals surface area contributed by atoms with E-state index in [1.54, 1.807) is 17.0 Å². The van der Waals surface area contributed by atoms with Crippen LogP contribution in [0.3, 0.4) is 0 Å². The highest BCUT2D eigenvalue weighted by Crippen LogP contribution is 2.41. The standard InChI is InChI=1S/C24H28N4O6/c1-23(2,3)34-22(33)27-12-24(13-27)10-26(11-24)9-14-4-5-15-16(8-14)21(32)28(20(15)31)17-6-7-18(29)25-19(17)30/h4-5,8,17H,6-7,9-13H2,1-3H3,(H,25,29,30). The molecule has 3 saturated heterocycles. The van der Waals surface area contributed by atoms with Gasteiger partial charge in [-0.05, 0) is 44.9 Å². The molecule has 10 heteroatoms. The Hall–Kier alpha value is -3.27. The summed E-state index contributed by atoms with van der Waals surface area (Å²) in [6.07, 6.45) is -0.0463. The number of nitrogens with zero attached hydrogens (tertiary/aromatic N) is 3. The Morgan fingerprint density at radius 3 is 2.38 bits per heavy atom. The van der Waals surface area contributed by atoms with Crippen molar-refractivity contribution in [1.82, 2.24) is 20.0 Å². The third-order valence-electron chi connectivity index (χ3n) is 6.73. The van der Waals surface area contributed by atoms with Gasteiger partial charge in [0, 0.05) is 44.6 Å². The van der Waals surface area contributed by atoms with Crippen LogP contribution in [0.15, 0.2) is 18.2 Å². The molecule has 34 heavy (non-hydrogen) atoms. The number of imide groups is 2. The van der Waals surface area contributed by atoms with Crippen LogP contribution >= 0.6 is 0 Å². The lowest BCUT2D eigenvalue weighted by Gasteiger charge is -2.60. The predicted octanol–water partition coefficient (Wildman–Crippen LogP) is 1.14. The topological polar surface area (TPSA) is 116 Å². The average Bonchev–Trinajstić information content (AvgIpc) is 2.92. The van der Waals surface area contributed by atoms with Gasteiger partial charge >= 0.3 is 6.09 Å². The lowest BCUT2D eigenvalue weighted by atomic mass is 9.73. The Kier molecular flexibility index (Phi) is 5.05. The number of hydrogen-bond donors (Lipinski definition) is 1. The highest BCUT2D eigenvalue weighted by Gasteiger charge is 2.53. The van der Waals surface area contributed by atoms with Gasteiger partial charge < -0.3 is 9.64 Å². The molecule has 1 spiro atoms. The fourth-order valence-electron chi connectivity index (χ4n) is 5.31. The minimum Gasteiger partial charge on any atom is -0.444 e. The number of fused-ring (bicyclic) bond motifs is 1. The summed E-state index contributed by atoms with van der Waals surface area (Å²) in [6, 6.07) is 4.23. The summed E-state index contributed by atoms with van der Waals surface area (Å²) in [6.45, 7) is 9.23. The SMILES string of the molecule is CC(C)(C)OC(=O)N1CC2(CN(Cc3ccc4c(c3)C(=O)N(C3CCC(=O)NC3=O)C4=O)C2)C1. The number of benzene rings is 1. The van der Waals surface area contributed by atoms with Crippen LogP contribution in [0.4, 0.5) is 4.79 Å². The molecule has 0 aliphatic carbocycles. The van der Waals surface area contributed by atoms with E-state index in [1.165, 1.54) is 0 Å². The van der Waals surface area contributed by atoms with E-state index in [1.807, 2.05) is 26.8 Å². The Labute approximate surface area is 197 Å². The Bertz CT molecular complexity index is 1110. The molecule has 1 atom stereocenters. The molecule has 180 valence electrons. The van der Waals surface area contributed by atoms with Crippen molar-refractivity contribution in [1.29, 1.82) is 0 Å². The second-order valence-corrected chi connectivity index (χ2v) is 10.8. The molecular weight excluding hydrogens is 440 g/mol. The lowest BCUT2D eigenvalue weighted by molar-refractivity contribution is -0.136. The molecule has 0 radical (unpaired) electrons. The van der Waals surface area contributed by atoms with E-state index in [9.17, 15) is 24.0 Å². The second-order valence-electron chi connectivity index (χ2n) is 10.8. The maximum atomic E-state index is 13.0. The molecule has 0 saturated carbocycles. The summed E-state index contributed by atoms with van der Waals surface area (Å²) in [4.78, 5) is 66.6. The Morgan fingerprint density at radius 1 is 1.06 bits per heavy atom. The van der Waals surface area contributed by atoms with E-state index >= 15 is 0 Å². The van der Waals surface area contributed by atoms with Crippen molar-refractivity contribution < 1.29 is 28.7 Å². The number of ether oxygens (including phenoxy) is 1. The van der Waals surface area contributed by atoms with E-state index in [4.69, 9.17) is 4.74 Å². The smallest absolute Gasteiger partial charge is 0.410 e. The first-order valence-corrected chi connectivity index (χ1v) is 11.5. The van der Waals surface area contributed by atoms with Crippen LogP contribution in [0.25, 0.3) is 0 Å². The van der Waals surface area contributed by atoms with Gasteiger partial charge in [-0.15, -0.1) is 0 Å². The van der Waals surface area contributed by atoms with Gasteiger partial charge in [0.25, 0.3) is 11.8 Å². The maximum absolute atomic E-state index is 13.0. The van der Waals surface area contributed by atoms with Crippen molar-refractivity contribution in [3.63, 3.8) is 0 Å². The normalized spacial score (nSPS) is 24.0. The highest BCUT2D eigenvalue weighted by molar-refractivity contribution is 6.23. The van der Waals surface area contributed by atoms with Crippen LogP contribution < -0.4 is 5.32 Å². The molecule has 0 aromatic heterocycles. The van der Waals surface area contributed by atoms with Crippen molar-refractivity contribution in [2.75, 3.05) is 26.2 Å². The quantitative estimate of drug-likeness (QED) is 0.662. The second kappa shape index (κ2) is 7.63. The summed E-state index contributed by atoms with van der Waals surface area (Å²) in [5.74, 6) is -2.00. The first-order valence-electron chi connectivity index (χ1n) is 11.5. The van der Waals surface area contributed by atoms with Gasteiger partial charge in [0.1, 0.15) is 11.6 Å². The molecule has 5 rings (SSSR count). The molecule has 1 N–H and O–H groups in total. The first-order chi connectivity index (χ1) is 15.9. The number of piperidine rings is 1. The Morgan fingerprint density at radius 2 is 1.74 bits per heavy atom. The largest absolute Gasteiger partial charge is 0.444 e. The lowest BCUT2D eigenvalue weighted by Crippen LogP contribution is -2.72. The summed E-state index contributed by atoms with van der Waals surface area (Å²) in [5.41, 5.74) is 1.07. The zero-order valence-electron chi connectivity index (χ0n) is 19.6. The molecule has 10 nitrogen and oxygen atoms in total. The van der Waals surface area contributed by atoms with Crippen LogP contribution in [0.5, 0.6) is 0 Å². The summed E-state index contributed by atoms with van der Waals surface area (Å²) in [7, 11) is 0. The number of likely N-dealkylation sites (tertiary alicyclic amines) is 2. The molecule has 1 aromatic rings. The predicted molar refractivity (Wildman–Crippen MR) is 119 cm³/mol. The summed E-state index contributed by atoms with van der Waals surface area (Å²) >= 11 is 0. The van der Waals surface area contributed by atoms with Gasteiger partial charge in [0.2, 0.25) is 11.8 Å². The molecule has 1 unspecified atom stereocenters. The molecular formula is C24H28N4O6. The molecule has 1 aromatic carbocycles. The molecule has 4 aliphatic heterocycles. The molecule has 0 bridgehead atoms.